The summed E-state index contributed by atoms with van der Waals surface area (Å²) >= 11 is 0. The van der Waals surface area contributed by atoms with E-state index in [1.807, 2.05) is 25.1 Å². The third kappa shape index (κ3) is 4.14. The molecule has 2 amide bonds. The van der Waals surface area contributed by atoms with Crippen molar-refractivity contribution in [1.82, 2.24) is 15.3 Å². The number of amides is 2. The van der Waals surface area contributed by atoms with Crippen LogP contribution in [0.2, 0.25) is 0 Å². The van der Waals surface area contributed by atoms with Gasteiger partial charge in [0.15, 0.2) is 5.76 Å². The molecule has 1 aliphatic rings. The molecule has 9 heteroatoms. The van der Waals surface area contributed by atoms with Gasteiger partial charge < -0.3 is 24.9 Å². The van der Waals surface area contributed by atoms with Crippen LogP contribution in [0, 0.1) is 6.92 Å². The van der Waals surface area contributed by atoms with Crippen molar-refractivity contribution in [1.29, 1.82) is 0 Å². The molecule has 0 radical (unpaired) electrons. The first-order chi connectivity index (χ1) is 14.1. The molecule has 150 valence electrons. The van der Waals surface area contributed by atoms with Crippen molar-refractivity contribution in [3.8, 4) is 17.1 Å². The number of nitrogens with zero attached hydrogens (tertiary/aromatic N) is 3. The van der Waals surface area contributed by atoms with Gasteiger partial charge in [0.1, 0.15) is 18.2 Å². The molecule has 1 aromatic carbocycles. The predicted molar refractivity (Wildman–Crippen MR) is 108 cm³/mol. The monoisotopic (exact) mass is 395 g/mol. The van der Waals surface area contributed by atoms with Crippen LogP contribution in [0.4, 0.5) is 22.3 Å². The van der Waals surface area contributed by atoms with E-state index in [-0.39, 0.29) is 19.2 Å². The summed E-state index contributed by atoms with van der Waals surface area (Å²) in [6.07, 6.45) is 3.25. The fraction of sp³-hybridized carbons (Fsp3) is 0.250. The topological polar surface area (TPSA) is 113 Å². The maximum Gasteiger partial charge on any atom is 0.323 e. The van der Waals surface area contributed by atoms with Crippen LogP contribution < -0.4 is 20.3 Å². The van der Waals surface area contributed by atoms with Gasteiger partial charge in [0.25, 0.3) is 6.01 Å². The van der Waals surface area contributed by atoms with Gasteiger partial charge in [-0.3, -0.25) is 4.90 Å². The number of nitrogens with one attached hydrogen (secondary N) is 2. The van der Waals surface area contributed by atoms with E-state index in [1.54, 1.807) is 29.4 Å². The maximum absolute atomic E-state index is 11.9. The Morgan fingerprint density at radius 3 is 3.00 bits per heavy atom. The standard InChI is InChI=1S/C20H21N5O4/c1-13-2-3-15(28-9-8-26)11-16(13)24-19-23-12-17(29-19)14-4-5-21-18(10-14)25-7-6-22-20(25)27/h2-5,10-12,26H,6-9H2,1H3,(H,22,27)(H,23,24). The fourth-order valence-electron chi connectivity index (χ4n) is 2.98. The van der Waals surface area contributed by atoms with Gasteiger partial charge in [0, 0.05) is 36.6 Å². The zero-order valence-corrected chi connectivity index (χ0v) is 15.9. The molecule has 1 saturated heterocycles. The van der Waals surface area contributed by atoms with Crippen molar-refractivity contribution in [3.05, 3.63) is 48.3 Å². The maximum atomic E-state index is 11.9. The van der Waals surface area contributed by atoms with Crippen molar-refractivity contribution in [2.24, 2.45) is 0 Å². The molecule has 1 aliphatic heterocycles. The quantitative estimate of drug-likeness (QED) is 0.564. The summed E-state index contributed by atoms with van der Waals surface area (Å²) in [4.78, 5) is 22.0. The number of aliphatic hydroxyl groups is 1. The molecule has 1 fully saturated rings. The van der Waals surface area contributed by atoms with Crippen molar-refractivity contribution >= 4 is 23.6 Å². The van der Waals surface area contributed by atoms with E-state index in [4.69, 9.17) is 14.3 Å². The minimum atomic E-state index is -0.159. The number of aliphatic hydroxyl groups excluding tert-OH is 1. The molecule has 0 spiro atoms. The molecule has 0 bridgehead atoms. The second-order valence-electron chi connectivity index (χ2n) is 6.49. The van der Waals surface area contributed by atoms with Crippen LogP contribution in [0.15, 0.2) is 47.1 Å². The Hall–Kier alpha value is -3.59. The van der Waals surface area contributed by atoms with Gasteiger partial charge in [0.05, 0.1) is 12.8 Å². The number of urea groups is 1. The Labute approximate surface area is 167 Å². The van der Waals surface area contributed by atoms with E-state index in [1.165, 1.54) is 0 Å². The van der Waals surface area contributed by atoms with E-state index in [0.29, 0.717) is 36.4 Å². The first-order valence-electron chi connectivity index (χ1n) is 9.23. The van der Waals surface area contributed by atoms with Gasteiger partial charge in [-0.15, -0.1) is 0 Å². The zero-order chi connectivity index (χ0) is 20.2. The van der Waals surface area contributed by atoms with Crippen molar-refractivity contribution in [3.63, 3.8) is 0 Å². The number of carbonyl (C=O) groups excluding carboxylic acids is 1. The van der Waals surface area contributed by atoms with E-state index < -0.39 is 0 Å². The zero-order valence-electron chi connectivity index (χ0n) is 15.9. The van der Waals surface area contributed by atoms with Crippen LogP contribution in [0.3, 0.4) is 0 Å². The largest absolute Gasteiger partial charge is 0.491 e. The smallest absolute Gasteiger partial charge is 0.323 e. The Morgan fingerprint density at radius 1 is 1.31 bits per heavy atom. The summed E-state index contributed by atoms with van der Waals surface area (Å²) in [7, 11) is 0. The summed E-state index contributed by atoms with van der Waals surface area (Å²) in [5, 5.41) is 14.8. The van der Waals surface area contributed by atoms with Crippen LogP contribution in [-0.2, 0) is 0 Å². The number of benzene rings is 1. The molecule has 9 nitrogen and oxygen atoms in total. The fourth-order valence-corrected chi connectivity index (χ4v) is 2.98. The highest BCUT2D eigenvalue weighted by atomic mass is 16.5. The molecule has 29 heavy (non-hydrogen) atoms. The molecule has 3 heterocycles. The van der Waals surface area contributed by atoms with Gasteiger partial charge in [-0.2, -0.15) is 0 Å². The summed E-state index contributed by atoms with van der Waals surface area (Å²) in [5.74, 6) is 1.76. The number of ether oxygens (including phenoxy) is 1. The minimum Gasteiger partial charge on any atom is -0.491 e. The van der Waals surface area contributed by atoms with E-state index >= 15 is 0 Å². The molecule has 0 aliphatic carbocycles. The van der Waals surface area contributed by atoms with Gasteiger partial charge in [0.2, 0.25) is 0 Å². The number of anilines is 3. The number of hydrogen-bond acceptors (Lipinski definition) is 7. The average molecular weight is 395 g/mol. The lowest BCUT2D eigenvalue weighted by Gasteiger charge is -2.13. The third-order valence-corrected chi connectivity index (χ3v) is 4.48. The highest BCUT2D eigenvalue weighted by molar-refractivity contribution is 5.93. The van der Waals surface area contributed by atoms with Gasteiger partial charge >= 0.3 is 6.03 Å². The minimum absolute atomic E-state index is 0.0489. The molecule has 3 aromatic rings. The number of hydrogen-bond donors (Lipinski definition) is 3. The highest BCUT2D eigenvalue weighted by Gasteiger charge is 2.22. The molecule has 3 N–H and O–H groups in total. The molecular weight excluding hydrogens is 374 g/mol. The lowest BCUT2D eigenvalue weighted by atomic mass is 10.2. The highest BCUT2D eigenvalue weighted by Crippen LogP contribution is 2.29. The van der Waals surface area contributed by atoms with Gasteiger partial charge in [-0.05, 0) is 30.7 Å². The molecule has 0 unspecified atom stereocenters. The Balaban J connectivity index is 1.53. The van der Waals surface area contributed by atoms with Crippen LogP contribution in [0.1, 0.15) is 5.56 Å². The number of oxazole rings is 1. The SMILES string of the molecule is Cc1ccc(OCCO)cc1Nc1ncc(-c2ccnc(N3CCNC3=O)c2)o1. The first kappa shape index (κ1) is 18.8. The van der Waals surface area contributed by atoms with Crippen molar-refractivity contribution in [2.75, 3.05) is 36.5 Å². The second-order valence-corrected chi connectivity index (χ2v) is 6.49. The Kier molecular flexibility index (Phi) is 5.30. The number of rotatable bonds is 7. The van der Waals surface area contributed by atoms with Gasteiger partial charge in [-0.25, -0.2) is 14.8 Å². The summed E-state index contributed by atoms with van der Waals surface area (Å²) in [5.41, 5.74) is 2.55. The molecule has 2 aromatic heterocycles. The Morgan fingerprint density at radius 2 is 2.21 bits per heavy atom. The average Bonchev–Trinajstić information content (AvgIpc) is 3.38. The van der Waals surface area contributed by atoms with Crippen LogP contribution in [0.5, 0.6) is 5.75 Å². The second kappa shape index (κ2) is 8.19. The van der Waals surface area contributed by atoms with Crippen LogP contribution in [0.25, 0.3) is 11.3 Å². The third-order valence-electron chi connectivity index (χ3n) is 4.48. The van der Waals surface area contributed by atoms with Gasteiger partial charge in [-0.1, -0.05) is 6.07 Å². The van der Waals surface area contributed by atoms with Crippen molar-refractivity contribution in [2.45, 2.75) is 6.92 Å². The normalized spacial score (nSPS) is 13.4. The number of pyridine rings is 1. The lowest BCUT2D eigenvalue weighted by molar-refractivity contribution is 0.201. The van der Waals surface area contributed by atoms with E-state index in [9.17, 15) is 4.79 Å². The molecule has 4 rings (SSSR count). The first-order valence-corrected chi connectivity index (χ1v) is 9.23. The summed E-state index contributed by atoms with van der Waals surface area (Å²) in [6.45, 7) is 3.31. The summed E-state index contributed by atoms with van der Waals surface area (Å²) in [6, 6.07) is 9.35. The summed E-state index contributed by atoms with van der Waals surface area (Å²) < 4.78 is 11.3. The number of aryl methyl sites for hydroxylation is 1. The van der Waals surface area contributed by atoms with E-state index in [0.717, 1.165) is 16.8 Å². The van der Waals surface area contributed by atoms with Crippen LogP contribution >= 0.6 is 0 Å². The predicted octanol–water partition coefficient (Wildman–Crippen LogP) is 2.69. The molecular formula is C20H21N5O4. The Bertz CT molecular complexity index is 1020. The number of aromatic nitrogens is 2. The molecule has 0 saturated carbocycles. The van der Waals surface area contributed by atoms with Crippen molar-refractivity contribution < 1.29 is 19.1 Å². The molecule has 0 atom stereocenters. The van der Waals surface area contributed by atoms with E-state index in [2.05, 4.69) is 20.6 Å². The lowest BCUT2D eigenvalue weighted by Crippen LogP contribution is -2.28. The number of carbonyl (C=O) groups is 1. The van der Waals surface area contributed by atoms with Crippen LogP contribution in [-0.4, -0.2) is 47.4 Å².